The van der Waals surface area contributed by atoms with Gasteiger partial charge in [-0.25, -0.2) is 4.79 Å². The highest BCUT2D eigenvalue weighted by molar-refractivity contribution is 6.30. The number of methoxy groups -OCH3 is 1. The van der Waals surface area contributed by atoms with Crippen molar-refractivity contribution in [3.05, 3.63) is 58.1 Å². The highest BCUT2D eigenvalue weighted by Gasteiger charge is 2.38. The first-order valence-corrected chi connectivity index (χ1v) is 15.4. The number of aliphatic imine (C=N–C) groups is 1. The highest BCUT2D eigenvalue weighted by atomic mass is 35.5. The van der Waals surface area contributed by atoms with Gasteiger partial charge in [0.2, 0.25) is 5.91 Å². The standard InChI is InChI=1S/C29H36ClN5O8.C2HF3O2/c1-42-16-29(2-4-43-5-3-29)19-6-17(7-20(30)10-19)24(12-26(39)40)35-25(38)15-31-27(41)18-8-21(11-22(36)9-18)34-28-32-13-23(37)14-33-28;3-2(4,5)1(6)7/h6-11,23-24,36-37H,2-5,12-16H2,1H3,(H,31,41)(H,35,38)(H,39,40)(H2,32,33,34);(H,6,7)/t24-;/m0./s1. The molecule has 0 radical (unpaired) electrons. The highest BCUT2D eigenvalue weighted by Crippen LogP contribution is 2.38. The summed E-state index contributed by atoms with van der Waals surface area (Å²) in [6, 6.07) is 8.47. The van der Waals surface area contributed by atoms with Crippen molar-refractivity contribution in [2.45, 2.75) is 43.0 Å². The van der Waals surface area contributed by atoms with Gasteiger partial charge >= 0.3 is 18.1 Å². The number of carbonyl (C=O) groups is 4. The molecule has 0 aliphatic carbocycles. The third-order valence-corrected chi connectivity index (χ3v) is 7.80. The number of halogens is 4. The van der Waals surface area contributed by atoms with Crippen molar-refractivity contribution in [1.82, 2.24) is 16.0 Å². The van der Waals surface area contributed by atoms with Crippen molar-refractivity contribution in [3.63, 3.8) is 0 Å². The number of β-amino-alcohol motifs (C(OH)–C–C–N with tert-alkyl or cyclic N) is 1. The van der Waals surface area contributed by atoms with Crippen molar-refractivity contribution in [1.29, 1.82) is 0 Å². The zero-order chi connectivity index (χ0) is 37.1. The van der Waals surface area contributed by atoms with E-state index in [9.17, 15) is 42.9 Å². The number of hydrogen-bond donors (Lipinski definition) is 8. The number of aliphatic hydroxyl groups is 1. The molecule has 2 heterocycles. The van der Waals surface area contributed by atoms with Crippen LogP contribution in [0.15, 0.2) is 41.4 Å². The Labute approximate surface area is 288 Å². The van der Waals surface area contributed by atoms with Crippen molar-refractivity contribution in [3.8, 4) is 5.75 Å². The number of aliphatic hydroxyl groups excluding tert-OH is 1. The lowest BCUT2D eigenvalue weighted by atomic mass is 9.74. The van der Waals surface area contributed by atoms with Gasteiger partial charge in [-0.15, -0.1) is 0 Å². The molecule has 1 saturated heterocycles. The maximum atomic E-state index is 12.9. The fourth-order valence-corrected chi connectivity index (χ4v) is 5.42. The predicted octanol–water partition coefficient (Wildman–Crippen LogP) is 2.17. The van der Waals surface area contributed by atoms with Gasteiger partial charge in [0.25, 0.3) is 5.91 Å². The molecule has 0 bridgehead atoms. The lowest BCUT2D eigenvalue weighted by molar-refractivity contribution is -0.192. The number of amides is 2. The first-order valence-electron chi connectivity index (χ1n) is 15.1. The van der Waals surface area contributed by atoms with Gasteiger partial charge < -0.3 is 51.2 Å². The van der Waals surface area contributed by atoms with Crippen LogP contribution in [0.2, 0.25) is 5.02 Å². The van der Waals surface area contributed by atoms with Crippen LogP contribution in [-0.4, -0.2) is 109 Å². The Balaban J connectivity index is 0.000000872. The molecule has 1 fully saturated rings. The van der Waals surface area contributed by atoms with Crippen LogP contribution in [0.5, 0.6) is 5.75 Å². The van der Waals surface area contributed by atoms with Crippen LogP contribution in [0.4, 0.5) is 18.9 Å². The second-order valence-electron chi connectivity index (χ2n) is 11.4. The van der Waals surface area contributed by atoms with Crippen LogP contribution in [0, 0.1) is 0 Å². The molecule has 2 aliphatic rings. The van der Waals surface area contributed by atoms with Crippen molar-refractivity contribution in [2.75, 3.05) is 51.9 Å². The summed E-state index contributed by atoms with van der Waals surface area (Å²) < 4.78 is 42.8. The third-order valence-electron chi connectivity index (χ3n) is 7.58. The largest absolute Gasteiger partial charge is 0.508 e. The van der Waals surface area contributed by atoms with E-state index in [4.69, 9.17) is 31.0 Å². The third kappa shape index (κ3) is 12.0. The maximum Gasteiger partial charge on any atom is 0.490 e. The molecule has 274 valence electrons. The number of nitrogens with zero attached hydrogens (tertiary/aromatic N) is 1. The molecular weight excluding hydrogens is 695 g/mol. The summed E-state index contributed by atoms with van der Waals surface area (Å²) in [4.78, 5) is 50.5. The molecular formula is C31H37ClF3N5O10. The molecule has 15 nitrogen and oxygen atoms in total. The first kappa shape index (κ1) is 39.8. The topological polar surface area (TPSA) is 228 Å². The number of guanidine groups is 1. The molecule has 19 heteroatoms. The maximum absolute atomic E-state index is 12.9. The fraction of sp³-hybridized carbons (Fsp3) is 0.452. The number of aliphatic carboxylic acids is 2. The van der Waals surface area contributed by atoms with E-state index in [0.29, 0.717) is 61.4 Å². The van der Waals surface area contributed by atoms with Crippen LogP contribution in [0.25, 0.3) is 0 Å². The normalized spacial score (nSPS) is 17.5. The number of aromatic hydroxyl groups is 1. The number of rotatable bonds is 11. The Morgan fingerprint density at radius 1 is 1.12 bits per heavy atom. The molecule has 0 saturated carbocycles. The Hall–Kier alpha value is -4.65. The number of phenols is 1. The van der Waals surface area contributed by atoms with Gasteiger partial charge in [-0.05, 0) is 48.2 Å². The molecule has 1 unspecified atom stereocenters. The smallest absolute Gasteiger partial charge is 0.490 e. The van der Waals surface area contributed by atoms with Crippen LogP contribution in [0.1, 0.15) is 46.8 Å². The summed E-state index contributed by atoms with van der Waals surface area (Å²) in [6.07, 6.45) is -4.70. The second-order valence-corrected chi connectivity index (χ2v) is 11.9. The van der Waals surface area contributed by atoms with E-state index in [1.54, 1.807) is 13.2 Å². The van der Waals surface area contributed by atoms with Crippen LogP contribution in [-0.2, 0) is 29.3 Å². The number of nitrogens with one attached hydrogen (secondary N) is 4. The molecule has 2 aromatic carbocycles. The van der Waals surface area contributed by atoms with Crippen molar-refractivity contribution < 1.29 is 62.2 Å². The van der Waals surface area contributed by atoms with Gasteiger partial charge in [0.15, 0.2) is 5.96 Å². The zero-order valence-corrected chi connectivity index (χ0v) is 27.4. The van der Waals surface area contributed by atoms with Crippen LogP contribution < -0.4 is 21.3 Å². The first-order chi connectivity index (χ1) is 23.5. The number of benzene rings is 2. The molecule has 0 spiro atoms. The number of carboxylic acid groups (broad SMARTS) is 2. The summed E-state index contributed by atoms with van der Waals surface area (Å²) in [7, 11) is 1.62. The average Bonchev–Trinajstić information content (AvgIpc) is 3.04. The summed E-state index contributed by atoms with van der Waals surface area (Å²) in [6.45, 7) is 1.59. The van der Waals surface area contributed by atoms with E-state index in [2.05, 4.69) is 26.3 Å². The zero-order valence-electron chi connectivity index (χ0n) is 26.7. The Bertz CT molecular complexity index is 1560. The molecule has 50 heavy (non-hydrogen) atoms. The fourth-order valence-electron chi connectivity index (χ4n) is 5.18. The van der Waals surface area contributed by atoms with Gasteiger partial charge in [0, 0.05) is 54.6 Å². The molecule has 2 aromatic rings. The van der Waals surface area contributed by atoms with Gasteiger partial charge in [0.05, 0.1) is 38.3 Å². The molecule has 4 rings (SSSR count). The molecule has 2 atom stereocenters. The lowest BCUT2D eigenvalue weighted by Gasteiger charge is -2.37. The van der Waals surface area contributed by atoms with E-state index >= 15 is 0 Å². The number of phenolic OH excluding ortho intramolecular Hbond substituents is 1. The number of hydrogen-bond acceptors (Lipinski definition) is 11. The molecule has 0 aromatic heterocycles. The minimum Gasteiger partial charge on any atom is -0.508 e. The minimum atomic E-state index is -5.08. The lowest BCUT2D eigenvalue weighted by Crippen LogP contribution is -2.42. The van der Waals surface area contributed by atoms with E-state index in [-0.39, 0.29) is 23.3 Å². The van der Waals surface area contributed by atoms with Gasteiger partial charge in [0.1, 0.15) is 5.75 Å². The van der Waals surface area contributed by atoms with Gasteiger partial charge in [-0.1, -0.05) is 17.7 Å². The molecule has 8 N–H and O–H groups in total. The van der Waals surface area contributed by atoms with E-state index in [0.717, 1.165) is 5.56 Å². The van der Waals surface area contributed by atoms with E-state index in [1.165, 1.54) is 18.2 Å². The molecule has 2 amide bonds. The number of ether oxygens (including phenoxy) is 2. The number of alkyl halides is 3. The van der Waals surface area contributed by atoms with Crippen LogP contribution >= 0.6 is 11.6 Å². The van der Waals surface area contributed by atoms with E-state index < -0.39 is 55.0 Å². The predicted molar refractivity (Wildman–Crippen MR) is 172 cm³/mol. The van der Waals surface area contributed by atoms with E-state index in [1.807, 2.05) is 12.1 Å². The molecule has 2 aliphatic heterocycles. The van der Waals surface area contributed by atoms with Crippen molar-refractivity contribution >= 4 is 47.0 Å². The summed E-state index contributed by atoms with van der Waals surface area (Å²) in [5.74, 6) is -4.95. The number of carbonyl (C=O) groups excluding carboxylic acids is 2. The number of anilines is 1. The summed E-state index contributed by atoms with van der Waals surface area (Å²) >= 11 is 6.48. The number of carboxylic acids is 2. The quantitative estimate of drug-likeness (QED) is 0.166. The SMILES string of the molecule is COCC1(c2cc(Cl)cc([C@H](CC(=O)O)NC(=O)CNC(=O)c3cc(O)cc(NC4=NCC(O)CN4)c3)c2)CCOCC1.O=C(O)C(F)(F)F. The minimum absolute atomic E-state index is 0.0771. The van der Waals surface area contributed by atoms with Crippen LogP contribution in [0.3, 0.4) is 0 Å². The van der Waals surface area contributed by atoms with Gasteiger partial charge in [-0.3, -0.25) is 19.4 Å². The monoisotopic (exact) mass is 731 g/mol. The van der Waals surface area contributed by atoms with Gasteiger partial charge in [-0.2, -0.15) is 13.2 Å². The Morgan fingerprint density at radius 3 is 2.38 bits per heavy atom. The summed E-state index contributed by atoms with van der Waals surface area (Å²) in [5.41, 5.74) is 1.47. The van der Waals surface area contributed by atoms with Crippen molar-refractivity contribution in [2.24, 2.45) is 4.99 Å². The Kier molecular flexibility index (Phi) is 14.2. The second kappa shape index (κ2) is 17.8. The average molecular weight is 732 g/mol. The Morgan fingerprint density at radius 2 is 1.80 bits per heavy atom. The summed E-state index contributed by atoms with van der Waals surface area (Å²) in [5, 5.41) is 47.8.